The van der Waals surface area contributed by atoms with Crippen molar-refractivity contribution in [2.45, 2.75) is 92.2 Å². The molecule has 0 saturated heterocycles. The lowest BCUT2D eigenvalue weighted by Crippen LogP contribution is -2.50. The van der Waals surface area contributed by atoms with Crippen LogP contribution in [-0.2, 0) is 20.7 Å². The highest BCUT2D eigenvalue weighted by atomic mass is 16.6. The van der Waals surface area contributed by atoms with Crippen molar-refractivity contribution in [2.75, 3.05) is 13.1 Å². The first-order valence-electron chi connectivity index (χ1n) is 16.1. The molecule has 0 spiro atoms. The average Bonchev–Trinajstić information content (AvgIpc) is 3.40. The molecule has 1 aromatic heterocycles. The second-order valence-electron chi connectivity index (χ2n) is 13.2. The second kappa shape index (κ2) is 16.9. The molecular formula is C36H52N4O4. The minimum Gasteiger partial charge on any atom is -0.441 e. The molecule has 3 rings (SSSR count). The highest BCUT2D eigenvalue weighted by molar-refractivity contribution is 5.90. The summed E-state index contributed by atoms with van der Waals surface area (Å²) in [4.78, 5) is 42.3. The second-order valence-corrected chi connectivity index (χ2v) is 13.2. The van der Waals surface area contributed by atoms with E-state index in [0.29, 0.717) is 25.4 Å². The van der Waals surface area contributed by atoms with Crippen molar-refractivity contribution < 1.29 is 19.1 Å². The molecule has 0 aliphatic rings. The number of amides is 3. The number of aromatic amines is 1. The quantitative estimate of drug-likeness (QED) is 0.131. The molecule has 0 fully saturated rings. The Hall–Kier alpha value is -3.81. The smallest absolute Gasteiger partial charge is 0.407 e. The van der Waals surface area contributed by atoms with E-state index in [-0.39, 0.29) is 29.3 Å². The first kappa shape index (κ1) is 34.7. The van der Waals surface area contributed by atoms with Crippen LogP contribution in [0.1, 0.15) is 90.9 Å². The largest absolute Gasteiger partial charge is 0.441 e. The molecule has 0 saturated carbocycles. The molecule has 1 heterocycles. The van der Waals surface area contributed by atoms with E-state index in [1.165, 1.54) is 0 Å². The monoisotopic (exact) mass is 604 g/mol. The summed E-state index contributed by atoms with van der Waals surface area (Å²) in [6.07, 6.45) is 5.41. The number of hydrogen-bond donors (Lipinski definition) is 4. The molecule has 8 heteroatoms. The van der Waals surface area contributed by atoms with Gasteiger partial charge in [-0.25, -0.2) is 4.79 Å². The normalized spacial score (nSPS) is 13.7. The van der Waals surface area contributed by atoms with Crippen molar-refractivity contribution in [3.63, 3.8) is 0 Å². The lowest BCUT2D eigenvalue weighted by molar-refractivity contribution is -0.131. The minimum absolute atomic E-state index is 0.0693. The van der Waals surface area contributed by atoms with Gasteiger partial charge in [-0.1, -0.05) is 90.1 Å². The summed E-state index contributed by atoms with van der Waals surface area (Å²) in [5.74, 6) is 0.0181. The Bertz CT molecular complexity index is 1330. The van der Waals surface area contributed by atoms with E-state index in [9.17, 15) is 14.4 Å². The summed E-state index contributed by atoms with van der Waals surface area (Å²) in [6, 6.07) is 17.1. The number of nitrogens with one attached hydrogen (secondary N) is 4. The molecule has 240 valence electrons. The first-order valence-corrected chi connectivity index (χ1v) is 16.1. The maximum Gasteiger partial charge on any atom is 0.407 e. The first-order chi connectivity index (χ1) is 21.0. The van der Waals surface area contributed by atoms with Gasteiger partial charge in [-0.15, -0.1) is 0 Å². The Morgan fingerprint density at radius 1 is 0.864 bits per heavy atom. The number of fused-ring (bicyclic) bond motifs is 1. The molecule has 2 unspecified atom stereocenters. The van der Waals surface area contributed by atoms with Gasteiger partial charge in [0.1, 0.15) is 12.1 Å². The van der Waals surface area contributed by atoms with E-state index < -0.39 is 12.1 Å². The van der Waals surface area contributed by atoms with Crippen LogP contribution in [0.15, 0.2) is 60.8 Å². The fourth-order valence-electron chi connectivity index (χ4n) is 5.52. The number of benzene rings is 2. The lowest BCUT2D eigenvalue weighted by Gasteiger charge is -2.30. The van der Waals surface area contributed by atoms with Crippen LogP contribution in [0.4, 0.5) is 4.79 Å². The molecule has 0 radical (unpaired) electrons. The maximum atomic E-state index is 13.3. The molecule has 4 N–H and O–H groups in total. The third-order valence-electron chi connectivity index (χ3n) is 7.89. The molecule has 3 atom stereocenters. The van der Waals surface area contributed by atoms with Crippen molar-refractivity contribution in [1.29, 1.82) is 0 Å². The summed E-state index contributed by atoms with van der Waals surface area (Å²) in [5.41, 5.74) is 2.73. The zero-order valence-electron chi connectivity index (χ0n) is 27.4. The van der Waals surface area contributed by atoms with E-state index in [1.54, 1.807) is 0 Å². The predicted octanol–water partition coefficient (Wildman–Crippen LogP) is 7.07. The number of carbonyl (C=O) groups excluding carboxylic acids is 3. The van der Waals surface area contributed by atoms with E-state index >= 15 is 0 Å². The Labute approximate surface area is 263 Å². The summed E-state index contributed by atoms with van der Waals surface area (Å²) in [6.45, 7) is 13.4. The summed E-state index contributed by atoms with van der Waals surface area (Å²) < 4.78 is 5.79. The van der Waals surface area contributed by atoms with Crippen LogP contribution >= 0.6 is 0 Å². The molecule has 3 amide bonds. The highest BCUT2D eigenvalue weighted by Crippen LogP contribution is 2.36. The van der Waals surface area contributed by atoms with Gasteiger partial charge in [0, 0.05) is 47.9 Å². The van der Waals surface area contributed by atoms with Gasteiger partial charge in [0.2, 0.25) is 11.8 Å². The van der Waals surface area contributed by atoms with E-state index in [4.69, 9.17) is 4.74 Å². The van der Waals surface area contributed by atoms with Gasteiger partial charge >= 0.3 is 6.09 Å². The molecule has 3 aromatic rings. The summed E-state index contributed by atoms with van der Waals surface area (Å²) in [7, 11) is 0. The van der Waals surface area contributed by atoms with Crippen molar-refractivity contribution in [3.8, 4) is 0 Å². The van der Waals surface area contributed by atoms with Crippen LogP contribution < -0.4 is 16.0 Å². The fraction of sp³-hybridized carbons (Fsp3) is 0.528. The molecule has 44 heavy (non-hydrogen) atoms. The highest BCUT2D eigenvalue weighted by Gasteiger charge is 2.30. The van der Waals surface area contributed by atoms with Crippen molar-refractivity contribution in [3.05, 3.63) is 71.9 Å². The molecule has 0 aliphatic carbocycles. The summed E-state index contributed by atoms with van der Waals surface area (Å²) in [5, 5.41) is 10.0. The lowest BCUT2D eigenvalue weighted by atomic mass is 9.84. The summed E-state index contributed by atoms with van der Waals surface area (Å²) >= 11 is 0. The van der Waals surface area contributed by atoms with Crippen LogP contribution in [0.25, 0.3) is 10.9 Å². The van der Waals surface area contributed by atoms with Crippen molar-refractivity contribution in [2.24, 2.45) is 17.3 Å². The Kier molecular flexibility index (Phi) is 13.3. The van der Waals surface area contributed by atoms with Gasteiger partial charge in [-0.2, -0.15) is 0 Å². The molecular weight excluding hydrogens is 552 g/mol. The van der Waals surface area contributed by atoms with Gasteiger partial charge in [-0.3, -0.25) is 9.59 Å². The van der Waals surface area contributed by atoms with Gasteiger partial charge in [-0.05, 0) is 55.2 Å². The van der Waals surface area contributed by atoms with E-state index in [2.05, 4.69) is 55.6 Å². The van der Waals surface area contributed by atoms with Gasteiger partial charge < -0.3 is 25.7 Å². The SMILES string of the molecule is CCC(CC(C)C)C(=O)N[C@H](Cc1c[nH]c2ccccc12)C(=O)NCCCCCNC(=O)OC(c1ccccc1)C(C)(C)C. The number of hydrogen-bond acceptors (Lipinski definition) is 4. The Morgan fingerprint density at radius 2 is 1.52 bits per heavy atom. The molecule has 0 aliphatic heterocycles. The van der Waals surface area contributed by atoms with Crippen LogP contribution in [0.2, 0.25) is 0 Å². The Morgan fingerprint density at radius 3 is 2.18 bits per heavy atom. The third kappa shape index (κ3) is 10.7. The average molecular weight is 605 g/mol. The molecule has 2 aromatic carbocycles. The van der Waals surface area contributed by atoms with Crippen molar-refractivity contribution in [1.82, 2.24) is 20.9 Å². The van der Waals surface area contributed by atoms with E-state index in [0.717, 1.165) is 54.1 Å². The number of para-hydroxylation sites is 1. The Balaban J connectivity index is 1.47. The maximum absolute atomic E-state index is 13.3. The predicted molar refractivity (Wildman–Crippen MR) is 177 cm³/mol. The zero-order chi connectivity index (χ0) is 32.1. The van der Waals surface area contributed by atoms with Crippen LogP contribution in [0, 0.1) is 17.3 Å². The number of unbranched alkanes of at least 4 members (excludes halogenated alkanes) is 2. The van der Waals surface area contributed by atoms with Gasteiger partial charge in [0.25, 0.3) is 0 Å². The number of alkyl carbamates (subject to hydrolysis) is 1. The van der Waals surface area contributed by atoms with Gasteiger partial charge in [0.15, 0.2) is 0 Å². The van der Waals surface area contributed by atoms with Gasteiger partial charge in [0.05, 0.1) is 0 Å². The molecule has 8 nitrogen and oxygen atoms in total. The number of H-pyrrole nitrogens is 1. The number of aromatic nitrogens is 1. The standard InChI is InChI=1S/C36H52N4O4/c1-7-26(22-25(2)3)33(41)40-31(23-28-24-39-30-19-13-12-18-29(28)30)34(42)37-20-14-9-15-21-38-35(43)44-32(36(4,5)6)27-16-10-8-11-17-27/h8,10-13,16-19,24-26,31-32,39H,7,9,14-15,20-23H2,1-6H3,(H,37,42)(H,38,43)(H,40,41)/t26?,31-,32?/m1/s1. The molecule has 0 bridgehead atoms. The van der Waals surface area contributed by atoms with Crippen LogP contribution in [0.3, 0.4) is 0 Å². The van der Waals surface area contributed by atoms with Crippen LogP contribution in [0.5, 0.6) is 0 Å². The number of ether oxygens (including phenoxy) is 1. The zero-order valence-corrected chi connectivity index (χ0v) is 27.4. The topological polar surface area (TPSA) is 112 Å². The van der Waals surface area contributed by atoms with Crippen molar-refractivity contribution >= 4 is 28.8 Å². The fourth-order valence-corrected chi connectivity index (χ4v) is 5.52. The van der Waals surface area contributed by atoms with E-state index in [1.807, 2.05) is 67.7 Å². The number of rotatable bonds is 16. The number of carbonyl (C=O) groups is 3. The third-order valence-corrected chi connectivity index (χ3v) is 7.89. The van der Waals surface area contributed by atoms with Crippen LogP contribution in [-0.4, -0.2) is 42.0 Å². The minimum atomic E-state index is -0.667.